The highest BCUT2D eigenvalue weighted by molar-refractivity contribution is 9.10. The van der Waals surface area contributed by atoms with Gasteiger partial charge in [0.05, 0.1) is 10.2 Å². The van der Waals surface area contributed by atoms with Crippen molar-refractivity contribution in [2.24, 2.45) is 0 Å². The van der Waals surface area contributed by atoms with Gasteiger partial charge >= 0.3 is 0 Å². The summed E-state index contributed by atoms with van der Waals surface area (Å²) in [5, 5.41) is 3.29. The van der Waals surface area contributed by atoms with Crippen molar-refractivity contribution in [3.63, 3.8) is 0 Å². The molecule has 2 fully saturated rings. The van der Waals surface area contributed by atoms with Gasteiger partial charge in [0.2, 0.25) is 5.95 Å². The Morgan fingerprint density at radius 2 is 2.03 bits per heavy atom. The molecule has 2 aromatic rings. The number of rotatable bonds is 5. The molecule has 154 valence electrons. The maximum atomic E-state index is 13.0. The smallest absolute Gasteiger partial charge is 0.254 e. The number of carbonyl (C=O) groups excluding carboxylic acids is 1. The number of nitrogen functional groups attached to an aromatic ring is 1. The number of hydrogen-bond donors (Lipinski definition) is 2. The summed E-state index contributed by atoms with van der Waals surface area (Å²) in [7, 11) is 2.07. The molecule has 1 aromatic carbocycles. The van der Waals surface area contributed by atoms with Crippen molar-refractivity contribution in [2.45, 2.75) is 25.0 Å². The van der Waals surface area contributed by atoms with Gasteiger partial charge < -0.3 is 25.6 Å². The number of likely N-dealkylation sites (tertiary alicyclic amines) is 2. The lowest BCUT2D eigenvalue weighted by molar-refractivity contribution is 0.0791. The van der Waals surface area contributed by atoms with Gasteiger partial charge in [-0.3, -0.25) is 4.79 Å². The molecule has 1 amide bonds. The van der Waals surface area contributed by atoms with Crippen molar-refractivity contribution >= 4 is 33.5 Å². The van der Waals surface area contributed by atoms with Crippen LogP contribution in [0.4, 0.5) is 11.6 Å². The maximum Gasteiger partial charge on any atom is 0.254 e. The molecule has 2 aliphatic heterocycles. The molecule has 1 aromatic heterocycles. The fourth-order valence-electron chi connectivity index (χ4n) is 3.75. The van der Waals surface area contributed by atoms with E-state index in [0.717, 1.165) is 30.4 Å². The van der Waals surface area contributed by atoms with Crippen LogP contribution < -0.4 is 15.8 Å². The molecule has 1 unspecified atom stereocenters. The molecule has 0 radical (unpaired) electrons. The molecule has 8 nitrogen and oxygen atoms in total. The van der Waals surface area contributed by atoms with Gasteiger partial charge in [0.25, 0.3) is 5.91 Å². The van der Waals surface area contributed by atoms with Crippen LogP contribution in [0.15, 0.2) is 35.1 Å². The second-order valence-corrected chi connectivity index (χ2v) is 8.57. The van der Waals surface area contributed by atoms with Gasteiger partial charge in [-0.05, 0) is 54.0 Å². The van der Waals surface area contributed by atoms with Crippen LogP contribution in [0.2, 0.25) is 0 Å². The number of hydrogen-bond acceptors (Lipinski definition) is 7. The Balaban J connectivity index is 1.39. The summed E-state index contributed by atoms with van der Waals surface area (Å²) in [4.78, 5) is 25.5. The van der Waals surface area contributed by atoms with E-state index in [2.05, 4.69) is 43.2 Å². The van der Waals surface area contributed by atoms with E-state index in [1.807, 2.05) is 4.90 Å². The highest BCUT2D eigenvalue weighted by Gasteiger charge is 2.28. The minimum absolute atomic E-state index is 0.0144. The molecule has 9 heteroatoms. The molecule has 4 rings (SSSR count). The zero-order valence-electron chi connectivity index (χ0n) is 16.3. The first-order valence-corrected chi connectivity index (χ1v) is 10.6. The molecular formula is C20H25BrN6O2. The number of likely N-dealkylation sites (N-methyl/N-ethyl adjacent to an activating group) is 1. The lowest BCUT2D eigenvalue weighted by Gasteiger charge is -2.19. The molecule has 0 aliphatic carbocycles. The van der Waals surface area contributed by atoms with Gasteiger partial charge in [-0.2, -0.15) is 0 Å². The van der Waals surface area contributed by atoms with E-state index < -0.39 is 0 Å². The molecular weight excluding hydrogens is 436 g/mol. The van der Waals surface area contributed by atoms with Crippen LogP contribution in [0.25, 0.3) is 0 Å². The van der Waals surface area contributed by atoms with Crippen LogP contribution in [-0.4, -0.2) is 71.0 Å². The van der Waals surface area contributed by atoms with Crippen molar-refractivity contribution in [1.82, 2.24) is 19.8 Å². The molecule has 2 saturated heterocycles. The molecule has 0 spiro atoms. The second kappa shape index (κ2) is 8.54. The van der Waals surface area contributed by atoms with Crippen molar-refractivity contribution in [3.8, 4) is 5.75 Å². The number of aromatic nitrogens is 2. The van der Waals surface area contributed by atoms with Gasteiger partial charge in [0.15, 0.2) is 0 Å². The molecule has 2 aliphatic rings. The van der Waals surface area contributed by atoms with Crippen LogP contribution in [-0.2, 0) is 0 Å². The second-order valence-electron chi connectivity index (χ2n) is 7.65. The van der Waals surface area contributed by atoms with Gasteiger partial charge in [-0.15, -0.1) is 0 Å². The standard InChI is InChI=1S/C20H25BrN6O2/c1-26-6-5-16(12-26)29-18-8-13(2-3-17(18)22)19(28)27-7-4-15(11-27)25-20-23-9-14(21)10-24-20/h2-3,8-10,15-16H,4-7,11-12,22H2,1H3,(H,23,24,25)/t15-,16?/m1/s1. The van der Waals surface area contributed by atoms with Crippen LogP contribution in [0.5, 0.6) is 5.75 Å². The van der Waals surface area contributed by atoms with Crippen LogP contribution in [0.3, 0.4) is 0 Å². The minimum atomic E-state index is -0.0144. The number of nitrogens with zero attached hydrogens (tertiary/aromatic N) is 4. The number of ether oxygens (including phenoxy) is 1. The summed E-state index contributed by atoms with van der Waals surface area (Å²) in [6.07, 6.45) is 5.32. The number of anilines is 2. The Morgan fingerprint density at radius 3 is 2.76 bits per heavy atom. The molecule has 3 heterocycles. The first-order valence-electron chi connectivity index (χ1n) is 9.76. The van der Waals surface area contributed by atoms with Crippen LogP contribution >= 0.6 is 15.9 Å². The SMILES string of the molecule is CN1CCC(Oc2cc(C(=O)N3CC[C@@H](Nc4ncc(Br)cn4)C3)ccc2N)C1. The number of halogens is 1. The van der Waals surface area contributed by atoms with Crippen LogP contribution in [0, 0.1) is 0 Å². The van der Waals surface area contributed by atoms with Crippen LogP contribution in [0.1, 0.15) is 23.2 Å². The van der Waals surface area contributed by atoms with Crippen molar-refractivity contribution in [1.29, 1.82) is 0 Å². The summed E-state index contributed by atoms with van der Waals surface area (Å²) in [6.45, 7) is 3.16. The summed E-state index contributed by atoms with van der Waals surface area (Å²) < 4.78 is 6.90. The van der Waals surface area contributed by atoms with Gasteiger partial charge in [-0.1, -0.05) is 0 Å². The zero-order valence-corrected chi connectivity index (χ0v) is 17.9. The number of benzene rings is 1. The summed E-state index contributed by atoms with van der Waals surface area (Å²) in [5.74, 6) is 1.14. The first kappa shape index (κ1) is 19.9. The highest BCUT2D eigenvalue weighted by Crippen LogP contribution is 2.27. The maximum absolute atomic E-state index is 13.0. The number of amides is 1. The van der Waals surface area contributed by atoms with Gasteiger partial charge in [0, 0.05) is 50.2 Å². The van der Waals surface area contributed by atoms with E-state index >= 15 is 0 Å². The fraction of sp³-hybridized carbons (Fsp3) is 0.450. The first-order chi connectivity index (χ1) is 14.0. The highest BCUT2D eigenvalue weighted by atomic mass is 79.9. The fourth-order valence-corrected chi connectivity index (χ4v) is 3.96. The van der Waals surface area contributed by atoms with Gasteiger partial charge in [0.1, 0.15) is 11.9 Å². The third-order valence-corrected chi connectivity index (χ3v) is 5.74. The van der Waals surface area contributed by atoms with Gasteiger partial charge in [-0.25, -0.2) is 9.97 Å². The predicted octanol–water partition coefficient (Wildman–Crippen LogP) is 2.23. The lowest BCUT2D eigenvalue weighted by atomic mass is 10.1. The molecule has 0 saturated carbocycles. The van der Waals surface area contributed by atoms with E-state index in [1.165, 1.54) is 0 Å². The molecule has 29 heavy (non-hydrogen) atoms. The lowest BCUT2D eigenvalue weighted by Crippen LogP contribution is -2.32. The van der Waals surface area contributed by atoms with Crippen molar-refractivity contribution in [2.75, 3.05) is 44.3 Å². The van der Waals surface area contributed by atoms with Crippen molar-refractivity contribution < 1.29 is 9.53 Å². The normalized spacial score (nSPS) is 22.1. The van der Waals surface area contributed by atoms with E-state index in [0.29, 0.717) is 36.0 Å². The predicted molar refractivity (Wildman–Crippen MR) is 115 cm³/mol. The van der Waals surface area contributed by atoms with E-state index in [-0.39, 0.29) is 18.1 Å². The summed E-state index contributed by atoms with van der Waals surface area (Å²) in [6, 6.07) is 5.42. The largest absolute Gasteiger partial charge is 0.487 e. The number of carbonyl (C=O) groups is 1. The molecule has 3 N–H and O–H groups in total. The van der Waals surface area contributed by atoms with E-state index in [4.69, 9.17) is 10.5 Å². The summed E-state index contributed by atoms with van der Waals surface area (Å²) >= 11 is 3.33. The third kappa shape index (κ3) is 4.79. The Morgan fingerprint density at radius 1 is 1.24 bits per heavy atom. The van der Waals surface area contributed by atoms with E-state index in [1.54, 1.807) is 30.6 Å². The summed E-state index contributed by atoms with van der Waals surface area (Å²) in [5.41, 5.74) is 7.24. The van der Waals surface area contributed by atoms with Crippen molar-refractivity contribution in [3.05, 3.63) is 40.6 Å². The number of nitrogens with two attached hydrogens (primary N) is 1. The number of nitrogens with one attached hydrogen (secondary N) is 1. The third-order valence-electron chi connectivity index (χ3n) is 5.33. The molecule has 0 bridgehead atoms. The Labute approximate surface area is 178 Å². The van der Waals surface area contributed by atoms with E-state index in [9.17, 15) is 4.79 Å². The Kier molecular flexibility index (Phi) is 5.86. The Hall–Kier alpha value is -2.39. The average molecular weight is 461 g/mol. The minimum Gasteiger partial charge on any atom is -0.487 e. The monoisotopic (exact) mass is 460 g/mol. The zero-order chi connectivity index (χ0) is 20.4. The average Bonchev–Trinajstić information content (AvgIpc) is 3.34. The molecule has 2 atom stereocenters. The quantitative estimate of drug-likeness (QED) is 0.660. The topological polar surface area (TPSA) is 96.6 Å². The Bertz CT molecular complexity index is 878.